The summed E-state index contributed by atoms with van der Waals surface area (Å²) < 4.78 is 0. The van der Waals surface area contributed by atoms with E-state index in [1.54, 1.807) is 0 Å². The van der Waals surface area contributed by atoms with Gasteiger partial charge in [-0.3, -0.25) is 14.5 Å². The highest BCUT2D eigenvalue weighted by molar-refractivity contribution is 6.09. The summed E-state index contributed by atoms with van der Waals surface area (Å²) in [6.07, 6.45) is 4.07. The van der Waals surface area contributed by atoms with Crippen LogP contribution in [0.15, 0.2) is 0 Å². The molecule has 1 saturated carbocycles. The predicted octanol–water partition coefficient (Wildman–Crippen LogP) is 0.766. The van der Waals surface area contributed by atoms with Crippen molar-refractivity contribution in [1.82, 2.24) is 15.5 Å². The van der Waals surface area contributed by atoms with Crippen LogP contribution in [-0.2, 0) is 9.59 Å². The predicted molar refractivity (Wildman–Crippen MR) is 69.3 cm³/mol. The molecule has 0 aromatic carbocycles. The molecule has 1 spiro atoms. The zero-order chi connectivity index (χ0) is 14.0. The summed E-state index contributed by atoms with van der Waals surface area (Å²) in [5.74, 6) is -0.526. The molecule has 0 aromatic heterocycles. The van der Waals surface area contributed by atoms with Gasteiger partial charge >= 0.3 is 6.03 Å². The molecule has 6 nitrogen and oxygen atoms in total. The van der Waals surface area contributed by atoms with Gasteiger partial charge in [0.25, 0.3) is 5.91 Å². The maximum Gasteiger partial charge on any atom is 0.325 e. The van der Waals surface area contributed by atoms with E-state index in [-0.39, 0.29) is 24.4 Å². The minimum atomic E-state index is -0.728. The molecule has 2 N–H and O–H groups in total. The molecule has 1 saturated heterocycles. The molecule has 106 valence electrons. The van der Waals surface area contributed by atoms with Gasteiger partial charge in [-0.15, -0.1) is 0 Å². The van der Waals surface area contributed by atoms with Crippen molar-refractivity contribution in [2.24, 2.45) is 0 Å². The van der Waals surface area contributed by atoms with Crippen LogP contribution in [0.25, 0.3) is 0 Å². The topological polar surface area (TPSA) is 78.5 Å². The number of rotatable bonds is 4. The maximum atomic E-state index is 12.3. The Kier molecular flexibility index (Phi) is 3.78. The molecular weight excluding hydrogens is 246 g/mol. The third kappa shape index (κ3) is 2.57. The van der Waals surface area contributed by atoms with Gasteiger partial charge < -0.3 is 10.6 Å². The zero-order valence-electron chi connectivity index (χ0n) is 11.5. The van der Waals surface area contributed by atoms with Crippen LogP contribution >= 0.6 is 0 Å². The summed E-state index contributed by atoms with van der Waals surface area (Å²) in [7, 11) is 0. The Morgan fingerprint density at radius 3 is 2.63 bits per heavy atom. The van der Waals surface area contributed by atoms with Gasteiger partial charge in [-0.25, -0.2) is 4.79 Å². The summed E-state index contributed by atoms with van der Waals surface area (Å²) in [5.41, 5.74) is -0.728. The molecule has 6 heteroatoms. The Hall–Kier alpha value is -1.59. The fourth-order valence-corrected chi connectivity index (χ4v) is 2.70. The molecule has 1 aliphatic carbocycles. The fourth-order valence-electron chi connectivity index (χ4n) is 2.70. The zero-order valence-corrected chi connectivity index (χ0v) is 11.5. The highest BCUT2D eigenvalue weighted by Crippen LogP contribution is 2.34. The Balaban J connectivity index is 1.99. The Bertz CT molecular complexity index is 402. The smallest absolute Gasteiger partial charge is 0.325 e. The van der Waals surface area contributed by atoms with E-state index in [9.17, 15) is 14.4 Å². The second kappa shape index (κ2) is 5.19. The van der Waals surface area contributed by atoms with Crippen LogP contribution in [0.5, 0.6) is 0 Å². The quantitative estimate of drug-likeness (QED) is 0.738. The van der Waals surface area contributed by atoms with E-state index in [4.69, 9.17) is 0 Å². The van der Waals surface area contributed by atoms with Crippen molar-refractivity contribution in [3.63, 3.8) is 0 Å². The number of imide groups is 1. The first kappa shape index (κ1) is 13.8. The average molecular weight is 267 g/mol. The van der Waals surface area contributed by atoms with Crippen molar-refractivity contribution < 1.29 is 14.4 Å². The third-order valence-corrected chi connectivity index (χ3v) is 4.02. The van der Waals surface area contributed by atoms with Gasteiger partial charge in [0.1, 0.15) is 12.1 Å². The molecule has 4 amide bonds. The van der Waals surface area contributed by atoms with E-state index < -0.39 is 11.6 Å². The van der Waals surface area contributed by atoms with Crippen LogP contribution < -0.4 is 10.6 Å². The Morgan fingerprint density at radius 2 is 2.05 bits per heavy atom. The van der Waals surface area contributed by atoms with E-state index >= 15 is 0 Å². The summed E-state index contributed by atoms with van der Waals surface area (Å²) in [6.45, 7) is 3.67. The lowest BCUT2D eigenvalue weighted by molar-refractivity contribution is -0.135. The van der Waals surface area contributed by atoms with Crippen LogP contribution in [0.3, 0.4) is 0 Å². The van der Waals surface area contributed by atoms with E-state index in [0.29, 0.717) is 12.8 Å². The van der Waals surface area contributed by atoms with Gasteiger partial charge in [0, 0.05) is 6.04 Å². The highest BCUT2D eigenvalue weighted by atomic mass is 16.2. The molecule has 1 heterocycles. The van der Waals surface area contributed by atoms with Crippen molar-refractivity contribution in [2.45, 2.75) is 57.5 Å². The summed E-state index contributed by atoms with van der Waals surface area (Å²) in [6, 6.07) is -0.389. The second-order valence-corrected chi connectivity index (χ2v) is 5.49. The molecule has 1 aliphatic heterocycles. The van der Waals surface area contributed by atoms with Crippen molar-refractivity contribution in [3.05, 3.63) is 0 Å². The van der Waals surface area contributed by atoms with Gasteiger partial charge in [0.15, 0.2) is 0 Å². The molecule has 1 atom stereocenters. The molecule has 0 radical (unpaired) electrons. The number of urea groups is 1. The normalized spacial score (nSPS) is 22.7. The number of nitrogens with zero attached hydrogens (tertiary/aromatic N) is 1. The molecule has 0 aromatic rings. The lowest BCUT2D eigenvalue weighted by atomic mass is 9.98. The second-order valence-electron chi connectivity index (χ2n) is 5.49. The number of carbonyl (C=O) groups excluding carboxylic acids is 3. The standard InChI is InChI=1S/C13H21N3O3/c1-3-9(2)14-10(17)8-16-11(18)13(15-12(16)19)6-4-5-7-13/h9H,3-8H2,1-2H3,(H,14,17)(H,15,19)/t9-/m1/s1. The van der Waals surface area contributed by atoms with Crippen molar-refractivity contribution in [2.75, 3.05) is 6.54 Å². The maximum absolute atomic E-state index is 12.3. The van der Waals surface area contributed by atoms with Gasteiger partial charge in [-0.2, -0.15) is 0 Å². The van der Waals surface area contributed by atoms with E-state index in [1.807, 2.05) is 13.8 Å². The van der Waals surface area contributed by atoms with Crippen LogP contribution in [0.1, 0.15) is 46.0 Å². The van der Waals surface area contributed by atoms with Gasteiger partial charge in [0.05, 0.1) is 0 Å². The molecule has 19 heavy (non-hydrogen) atoms. The number of hydrogen-bond donors (Lipinski definition) is 2. The Morgan fingerprint density at radius 1 is 1.42 bits per heavy atom. The first-order chi connectivity index (χ1) is 8.98. The lowest BCUT2D eigenvalue weighted by Gasteiger charge is -2.20. The molecular formula is C13H21N3O3. The highest BCUT2D eigenvalue weighted by Gasteiger charge is 2.52. The van der Waals surface area contributed by atoms with Crippen LogP contribution in [0, 0.1) is 0 Å². The Labute approximate surface area is 112 Å². The van der Waals surface area contributed by atoms with Gasteiger partial charge in [0.2, 0.25) is 5.91 Å². The minimum Gasteiger partial charge on any atom is -0.352 e. The molecule has 0 bridgehead atoms. The number of amides is 4. The van der Waals surface area contributed by atoms with E-state index in [0.717, 1.165) is 24.2 Å². The number of carbonyl (C=O) groups is 3. The van der Waals surface area contributed by atoms with E-state index in [2.05, 4.69) is 10.6 Å². The molecule has 2 rings (SSSR count). The summed E-state index contributed by atoms with van der Waals surface area (Å²) in [4.78, 5) is 37.0. The van der Waals surface area contributed by atoms with Crippen LogP contribution in [0.4, 0.5) is 4.79 Å². The minimum absolute atomic E-state index is 0.0497. The summed E-state index contributed by atoms with van der Waals surface area (Å²) in [5, 5.41) is 5.52. The number of nitrogens with one attached hydrogen (secondary N) is 2. The van der Waals surface area contributed by atoms with Crippen LogP contribution in [0.2, 0.25) is 0 Å². The largest absolute Gasteiger partial charge is 0.352 e. The SMILES string of the molecule is CC[C@@H](C)NC(=O)CN1C(=O)NC2(CCCC2)C1=O. The van der Waals surface area contributed by atoms with Crippen molar-refractivity contribution in [3.8, 4) is 0 Å². The van der Waals surface area contributed by atoms with Gasteiger partial charge in [-0.1, -0.05) is 19.8 Å². The fraction of sp³-hybridized carbons (Fsp3) is 0.769. The first-order valence-corrected chi connectivity index (χ1v) is 6.92. The molecule has 2 fully saturated rings. The first-order valence-electron chi connectivity index (χ1n) is 6.92. The molecule has 0 unspecified atom stereocenters. The van der Waals surface area contributed by atoms with Gasteiger partial charge in [-0.05, 0) is 26.2 Å². The van der Waals surface area contributed by atoms with Crippen LogP contribution in [-0.4, -0.2) is 40.9 Å². The van der Waals surface area contributed by atoms with Crippen molar-refractivity contribution >= 4 is 17.8 Å². The molecule has 2 aliphatic rings. The number of hydrogen-bond acceptors (Lipinski definition) is 3. The lowest BCUT2D eigenvalue weighted by Crippen LogP contribution is -2.46. The third-order valence-electron chi connectivity index (χ3n) is 4.02. The average Bonchev–Trinajstić information content (AvgIpc) is 2.91. The summed E-state index contributed by atoms with van der Waals surface area (Å²) >= 11 is 0. The van der Waals surface area contributed by atoms with Crippen molar-refractivity contribution in [1.29, 1.82) is 0 Å². The van der Waals surface area contributed by atoms with E-state index in [1.165, 1.54) is 0 Å². The monoisotopic (exact) mass is 267 g/mol.